The second-order valence-electron chi connectivity index (χ2n) is 3.49. The molecule has 0 radical (unpaired) electrons. The molecule has 0 aliphatic rings. The topological polar surface area (TPSA) is 97.7 Å². The Balaban J connectivity index is 2.10. The average molecular weight is 259 g/mol. The predicted molar refractivity (Wildman–Crippen MR) is 66.9 cm³/mol. The minimum Gasteiger partial charge on any atom is -0.463 e. The lowest BCUT2D eigenvalue weighted by Gasteiger charge is -2.00. The van der Waals surface area contributed by atoms with E-state index in [4.69, 9.17) is 4.42 Å². The lowest BCUT2D eigenvalue weighted by atomic mass is 10.2. The first kappa shape index (κ1) is 12.5. The molecule has 1 aromatic carbocycles. The number of nitro groups is 1. The molecule has 7 heteroatoms. The summed E-state index contributed by atoms with van der Waals surface area (Å²) in [5.41, 5.74) is 1.88. The first-order valence-electron chi connectivity index (χ1n) is 5.29. The average Bonchev–Trinajstić information content (AvgIpc) is 2.91. The maximum Gasteiger partial charge on any atom is 0.282 e. The molecular formula is C12H9N3O4. The summed E-state index contributed by atoms with van der Waals surface area (Å²) >= 11 is 0. The van der Waals surface area contributed by atoms with Crippen LogP contribution in [0.2, 0.25) is 0 Å². The van der Waals surface area contributed by atoms with Gasteiger partial charge in [0.05, 0.1) is 17.4 Å². The molecule has 19 heavy (non-hydrogen) atoms. The van der Waals surface area contributed by atoms with Gasteiger partial charge < -0.3 is 4.42 Å². The van der Waals surface area contributed by atoms with Crippen LogP contribution in [0, 0.1) is 10.1 Å². The molecule has 0 aliphatic carbocycles. The van der Waals surface area contributed by atoms with Crippen LogP contribution < -0.4 is 5.43 Å². The van der Waals surface area contributed by atoms with E-state index in [1.165, 1.54) is 36.7 Å². The standard InChI is InChI=1S/C12H9N3O4/c16-12(14-13-8-9-4-3-7-19-9)10-5-1-2-6-11(10)15(17)18/h1-8H,(H,14,16)/b13-8-. The van der Waals surface area contributed by atoms with Gasteiger partial charge in [-0.1, -0.05) is 12.1 Å². The summed E-state index contributed by atoms with van der Waals surface area (Å²) < 4.78 is 4.97. The molecule has 0 fully saturated rings. The van der Waals surface area contributed by atoms with Crippen LogP contribution in [-0.2, 0) is 0 Å². The van der Waals surface area contributed by atoms with Crippen molar-refractivity contribution in [1.29, 1.82) is 0 Å². The highest BCUT2D eigenvalue weighted by Gasteiger charge is 2.18. The van der Waals surface area contributed by atoms with Crippen molar-refractivity contribution in [2.24, 2.45) is 5.10 Å². The van der Waals surface area contributed by atoms with Crippen molar-refractivity contribution < 1.29 is 14.1 Å². The molecule has 0 saturated carbocycles. The number of hydrazone groups is 1. The van der Waals surface area contributed by atoms with Gasteiger partial charge in [-0.3, -0.25) is 14.9 Å². The highest BCUT2D eigenvalue weighted by Crippen LogP contribution is 2.17. The second kappa shape index (κ2) is 5.58. The van der Waals surface area contributed by atoms with E-state index in [9.17, 15) is 14.9 Å². The number of carbonyl (C=O) groups is 1. The van der Waals surface area contributed by atoms with Crippen LogP contribution >= 0.6 is 0 Å². The lowest BCUT2D eigenvalue weighted by Crippen LogP contribution is -2.18. The number of amides is 1. The summed E-state index contributed by atoms with van der Waals surface area (Å²) in [6.45, 7) is 0. The second-order valence-corrected chi connectivity index (χ2v) is 3.49. The van der Waals surface area contributed by atoms with E-state index in [2.05, 4.69) is 10.5 Å². The van der Waals surface area contributed by atoms with Crippen molar-refractivity contribution in [3.63, 3.8) is 0 Å². The van der Waals surface area contributed by atoms with Gasteiger partial charge in [-0.25, -0.2) is 5.43 Å². The fourth-order valence-electron chi connectivity index (χ4n) is 1.40. The minimum absolute atomic E-state index is 0.0518. The summed E-state index contributed by atoms with van der Waals surface area (Å²) in [7, 11) is 0. The van der Waals surface area contributed by atoms with E-state index in [0.717, 1.165) is 0 Å². The number of nitro benzene ring substituents is 1. The van der Waals surface area contributed by atoms with Gasteiger partial charge in [0.2, 0.25) is 0 Å². The number of hydrogen-bond acceptors (Lipinski definition) is 5. The van der Waals surface area contributed by atoms with E-state index >= 15 is 0 Å². The Morgan fingerprint density at radius 3 is 2.79 bits per heavy atom. The zero-order valence-electron chi connectivity index (χ0n) is 9.65. The van der Waals surface area contributed by atoms with Crippen molar-refractivity contribution in [2.75, 3.05) is 0 Å². The number of carbonyl (C=O) groups excluding carboxylic acids is 1. The molecule has 0 atom stereocenters. The molecule has 0 bridgehead atoms. The van der Waals surface area contributed by atoms with Crippen LogP contribution in [0.3, 0.4) is 0 Å². The largest absolute Gasteiger partial charge is 0.463 e. The normalized spacial score (nSPS) is 10.5. The third-order valence-corrected chi connectivity index (χ3v) is 2.25. The van der Waals surface area contributed by atoms with Crippen molar-refractivity contribution in [1.82, 2.24) is 5.43 Å². The van der Waals surface area contributed by atoms with Crippen LogP contribution in [0.5, 0.6) is 0 Å². The number of furan rings is 1. The SMILES string of the molecule is O=C(N/N=C\c1ccco1)c1ccccc1[N+](=O)[O-]. The van der Waals surface area contributed by atoms with Crippen LogP contribution in [0.15, 0.2) is 52.2 Å². The predicted octanol–water partition coefficient (Wildman–Crippen LogP) is 1.95. The number of hydrogen-bond donors (Lipinski definition) is 1. The Morgan fingerprint density at radius 2 is 2.11 bits per heavy atom. The van der Waals surface area contributed by atoms with Gasteiger partial charge in [0, 0.05) is 6.07 Å². The van der Waals surface area contributed by atoms with Crippen molar-refractivity contribution in [2.45, 2.75) is 0 Å². The molecule has 0 saturated heterocycles. The number of benzene rings is 1. The van der Waals surface area contributed by atoms with E-state index < -0.39 is 10.8 Å². The quantitative estimate of drug-likeness (QED) is 0.515. The smallest absolute Gasteiger partial charge is 0.282 e. The number of nitrogens with one attached hydrogen (secondary N) is 1. The Bertz CT molecular complexity index is 620. The first-order chi connectivity index (χ1) is 9.18. The highest BCUT2D eigenvalue weighted by molar-refractivity contribution is 5.98. The van der Waals surface area contributed by atoms with Crippen molar-refractivity contribution in [3.05, 3.63) is 64.1 Å². The molecule has 1 N–H and O–H groups in total. The maximum atomic E-state index is 11.7. The van der Waals surface area contributed by atoms with Gasteiger partial charge in [0.15, 0.2) is 0 Å². The Kier molecular flexibility index (Phi) is 3.67. The van der Waals surface area contributed by atoms with Gasteiger partial charge >= 0.3 is 0 Å². The monoisotopic (exact) mass is 259 g/mol. The molecule has 0 aliphatic heterocycles. The molecule has 2 aromatic rings. The van der Waals surface area contributed by atoms with Crippen LogP contribution in [-0.4, -0.2) is 17.0 Å². The molecule has 0 unspecified atom stereocenters. The number of para-hydroxylation sites is 1. The van der Waals surface area contributed by atoms with Crippen LogP contribution in [0.25, 0.3) is 0 Å². The minimum atomic E-state index is -0.657. The van der Waals surface area contributed by atoms with E-state index in [0.29, 0.717) is 5.76 Å². The highest BCUT2D eigenvalue weighted by atomic mass is 16.6. The summed E-state index contributed by atoms with van der Waals surface area (Å²) in [6.07, 6.45) is 2.76. The fourth-order valence-corrected chi connectivity index (χ4v) is 1.40. The Labute approximate surface area is 107 Å². The third-order valence-electron chi connectivity index (χ3n) is 2.25. The van der Waals surface area contributed by atoms with Crippen LogP contribution in [0.4, 0.5) is 5.69 Å². The fraction of sp³-hybridized carbons (Fsp3) is 0. The Morgan fingerprint density at radius 1 is 1.32 bits per heavy atom. The lowest BCUT2D eigenvalue weighted by molar-refractivity contribution is -0.385. The molecule has 1 heterocycles. The molecule has 1 amide bonds. The van der Waals surface area contributed by atoms with Crippen LogP contribution in [0.1, 0.15) is 16.1 Å². The summed E-state index contributed by atoms with van der Waals surface area (Å²) in [4.78, 5) is 21.9. The molecule has 96 valence electrons. The molecule has 0 spiro atoms. The Hall–Kier alpha value is -2.96. The number of rotatable bonds is 4. The molecular weight excluding hydrogens is 250 g/mol. The zero-order chi connectivity index (χ0) is 13.7. The van der Waals surface area contributed by atoms with E-state index in [1.54, 1.807) is 12.1 Å². The summed E-state index contributed by atoms with van der Waals surface area (Å²) in [5.74, 6) is -0.196. The van der Waals surface area contributed by atoms with Gasteiger partial charge in [0.25, 0.3) is 11.6 Å². The van der Waals surface area contributed by atoms with Crippen molar-refractivity contribution in [3.8, 4) is 0 Å². The molecule has 2 rings (SSSR count). The van der Waals surface area contributed by atoms with Gasteiger partial charge in [-0.05, 0) is 18.2 Å². The van der Waals surface area contributed by atoms with E-state index in [1.807, 2.05) is 0 Å². The van der Waals surface area contributed by atoms with Gasteiger partial charge in [-0.2, -0.15) is 5.10 Å². The maximum absolute atomic E-state index is 11.7. The van der Waals surface area contributed by atoms with Gasteiger partial charge in [0.1, 0.15) is 11.3 Å². The van der Waals surface area contributed by atoms with Crippen molar-refractivity contribution >= 4 is 17.8 Å². The zero-order valence-corrected chi connectivity index (χ0v) is 9.65. The van der Waals surface area contributed by atoms with Gasteiger partial charge in [-0.15, -0.1) is 0 Å². The number of nitrogens with zero attached hydrogens (tertiary/aromatic N) is 2. The third kappa shape index (κ3) is 3.03. The molecule has 7 nitrogen and oxygen atoms in total. The van der Waals surface area contributed by atoms with E-state index in [-0.39, 0.29) is 11.3 Å². The summed E-state index contributed by atoms with van der Waals surface area (Å²) in [5, 5.41) is 14.4. The molecule has 1 aromatic heterocycles. The first-order valence-corrected chi connectivity index (χ1v) is 5.29. The summed E-state index contributed by atoms with van der Waals surface area (Å²) in [6, 6.07) is 8.96.